The predicted octanol–water partition coefficient (Wildman–Crippen LogP) is 3.01. The fourth-order valence-corrected chi connectivity index (χ4v) is 3.82. The number of amides is 1. The normalized spacial score (nSPS) is 19.9. The molecular formula is C19H27BrN4O2. The summed E-state index contributed by atoms with van der Waals surface area (Å²) >= 11 is 3.54. The number of hydrogen-bond acceptors (Lipinski definition) is 3. The lowest BCUT2D eigenvalue weighted by atomic mass is 9.96. The monoisotopic (exact) mass is 422 g/mol. The van der Waals surface area contributed by atoms with Crippen molar-refractivity contribution < 1.29 is 9.53 Å². The maximum absolute atomic E-state index is 11.7. The number of piperidine rings is 1. The van der Waals surface area contributed by atoms with E-state index in [0.717, 1.165) is 30.2 Å². The maximum Gasteiger partial charge on any atom is 0.409 e. The Hall–Kier alpha value is -1.76. The molecule has 0 radical (unpaired) electrons. The van der Waals surface area contributed by atoms with Crippen molar-refractivity contribution in [3.63, 3.8) is 0 Å². The largest absolute Gasteiger partial charge is 0.450 e. The fourth-order valence-electron chi connectivity index (χ4n) is 3.42. The van der Waals surface area contributed by atoms with Gasteiger partial charge in [-0.05, 0) is 50.3 Å². The van der Waals surface area contributed by atoms with E-state index in [0.29, 0.717) is 32.2 Å². The molecule has 0 aromatic heterocycles. The van der Waals surface area contributed by atoms with Gasteiger partial charge in [-0.25, -0.2) is 4.79 Å². The molecule has 1 amide bonds. The van der Waals surface area contributed by atoms with Crippen LogP contribution in [0.5, 0.6) is 0 Å². The first-order valence-electron chi connectivity index (χ1n) is 9.26. The third-order valence-corrected chi connectivity index (χ3v) is 5.71. The highest BCUT2D eigenvalue weighted by molar-refractivity contribution is 9.10. The van der Waals surface area contributed by atoms with Crippen molar-refractivity contribution in [1.29, 1.82) is 0 Å². The van der Waals surface area contributed by atoms with Crippen molar-refractivity contribution in [2.45, 2.75) is 44.1 Å². The lowest BCUT2D eigenvalue weighted by molar-refractivity contribution is 0.0963. The topological polar surface area (TPSA) is 80.0 Å². The quantitative estimate of drug-likeness (QED) is 0.564. The van der Waals surface area contributed by atoms with Gasteiger partial charge in [0.25, 0.3) is 0 Å². The number of carbonyl (C=O) groups is 1. The summed E-state index contributed by atoms with van der Waals surface area (Å²) in [6.07, 6.45) is 3.78. The Morgan fingerprint density at radius 3 is 2.77 bits per heavy atom. The van der Waals surface area contributed by atoms with Crippen molar-refractivity contribution >= 4 is 28.0 Å². The number of nitrogens with zero attached hydrogens (tertiary/aromatic N) is 2. The highest BCUT2D eigenvalue weighted by atomic mass is 79.9. The summed E-state index contributed by atoms with van der Waals surface area (Å²) in [7, 11) is 0. The number of guanidine groups is 1. The summed E-state index contributed by atoms with van der Waals surface area (Å²) in [4.78, 5) is 18.1. The van der Waals surface area contributed by atoms with Crippen molar-refractivity contribution in [3.05, 3.63) is 34.3 Å². The van der Waals surface area contributed by atoms with E-state index in [1.165, 1.54) is 5.56 Å². The molecule has 1 heterocycles. The van der Waals surface area contributed by atoms with Gasteiger partial charge in [0.1, 0.15) is 0 Å². The SMILES string of the molecule is CCOC(=O)N1CCC(NC(N)=NCC2(c3cccc(Br)c3)CC2)CC1. The lowest BCUT2D eigenvalue weighted by Crippen LogP contribution is -2.48. The first-order chi connectivity index (χ1) is 12.5. The van der Waals surface area contributed by atoms with Crippen LogP contribution in [-0.2, 0) is 10.2 Å². The molecule has 0 bridgehead atoms. The van der Waals surface area contributed by atoms with Gasteiger partial charge >= 0.3 is 6.09 Å². The second-order valence-electron chi connectivity index (χ2n) is 7.10. The Morgan fingerprint density at radius 2 is 2.15 bits per heavy atom. The van der Waals surface area contributed by atoms with E-state index in [-0.39, 0.29) is 17.6 Å². The first-order valence-corrected chi connectivity index (χ1v) is 10.1. The molecular weight excluding hydrogens is 396 g/mol. The summed E-state index contributed by atoms with van der Waals surface area (Å²) in [5, 5.41) is 3.31. The molecule has 3 rings (SSSR count). The van der Waals surface area contributed by atoms with E-state index in [1.807, 2.05) is 13.0 Å². The molecule has 0 unspecified atom stereocenters. The minimum Gasteiger partial charge on any atom is -0.450 e. The standard InChI is InChI=1S/C19H27BrN4O2/c1-2-26-18(25)24-10-6-16(7-11-24)23-17(21)22-13-19(8-9-19)14-4-3-5-15(20)12-14/h3-5,12,16H,2,6-11,13H2,1H3,(H3,21,22,23). The fraction of sp³-hybridized carbons (Fsp3) is 0.579. The van der Waals surface area contributed by atoms with Gasteiger partial charge in [0.2, 0.25) is 0 Å². The van der Waals surface area contributed by atoms with Gasteiger partial charge < -0.3 is 20.7 Å². The molecule has 2 aliphatic rings. The van der Waals surface area contributed by atoms with Crippen LogP contribution >= 0.6 is 15.9 Å². The Balaban J connectivity index is 1.48. The third-order valence-electron chi connectivity index (χ3n) is 5.22. The zero-order valence-corrected chi connectivity index (χ0v) is 16.8. The summed E-state index contributed by atoms with van der Waals surface area (Å²) in [5.74, 6) is 0.501. The molecule has 0 spiro atoms. The Morgan fingerprint density at radius 1 is 1.42 bits per heavy atom. The van der Waals surface area contributed by atoms with Gasteiger partial charge in [0.15, 0.2) is 5.96 Å². The Bertz CT molecular complexity index is 667. The van der Waals surface area contributed by atoms with Gasteiger partial charge in [-0.3, -0.25) is 4.99 Å². The van der Waals surface area contributed by atoms with Crippen LogP contribution in [-0.4, -0.2) is 49.2 Å². The van der Waals surface area contributed by atoms with E-state index in [1.54, 1.807) is 4.90 Å². The van der Waals surface area contributed by atoms with Crippen molar-refractivity contribution in [2.75, 3.05) is 26.2 Å². The Labute approximate surface area is 163 Å². The lowest BCUT2D eigenvalue weighted by Gasteiger charge is -2.31. The van der Waals surface area contributed by atoms with Crippen LogP contribution in [0.4, 0.5) is 4.79 Å². The molecule has 142 valence electrons. The molecule has 6 nitrogen and oxygen atoms in total. The number of aliphatic imine (C=N–C) groups is 1. The molecule has 1 aliphatic carbocycles. The highest BCUT2D eigenvalue weighted by Gasteiger charge is 2.44. The molecule has 1 saturated carbocycles. The van der Waals surface area contributed by atoms with Crippen molar-refractivity contribution in [2.24, 2.45) is 10.7 Å². The number of rotatable bonds is 5. The van der Waals surface area contributed by atoms with Crippen molar-refractivity contribution in [3.8, 4) is 0 Å². The molecule has 26 heavy (non-hydrogen) atoms. The summed E-state index contributed by atoms with van der Waals surface area (Å²) in [5.41, 5.74) is 7.58. The molecule has 7 heteroatoms. The predicted molar refractivity (Wildman–Crippen MR) is 106 cm³/mol. The molecule has 3 N–H and O–H groups in total. The Kier molecular flexibility index (Phi) is 6.06. The number of halogens is 1. The van der Waals surface area contributed by atoms with Crippen LogP contribution in [0.1, 0.15) is 38.2 Å². The summed E-state index contributed by atoms with van der Waals surface area (Å²) in [6, 6.07) is 8.72. The summed E-state index contributed by atoms with van der Waals surface area (Å²) in [6.45, 7) is 4.32. The van der Waals surface area contributed by atoms with E-state index in [9.17, 15) is 4.79 Å². The number of ether oxygens (including phenoxy) is 1. The van der Waals surface area contributed by atoms with Crippen LogP contribution in [0, 0.1) is 0 Å². The van der Waals surface area contributed by atoms with Crippen LogP contribution in [0.3, 0.4) is 0 Å². The van der Waals surface area contributed by atoms with E-state index < -0.39 is 0 Å². The number of likely N-dealkylation sites (tertiary alicyclic amines) is 1. The average molecular weight is 423 g/mol. The molecule has 0 atom stereocenters. The van der Waals surface area contributed by atoms with Gasteiger partial charge in [-0.15, -0.1) is 0 Å². The second-order valence-corrected chi connectivity index (χ2v) is 8.01. The maximum atomic E-state index is 11.7. The van der Waals surface area contributed by atoms with Crippen LogP contribution in [0.25, 0.3) is 0 Å². The zero-order valence-electron chi connectivity index (χ0n) is 15.2. The van der Waals surface area contributed by atoms with Crippen LogP contribution in [0.15, 0.2) is 33.7 Å². The van der Waals surface area contributed by atoms with E-state index in [4.69, 9.17) is 10.5 Å². The molecule has 1 aliphatic heterocycles. The number of hydrogen-bond donors (Lipinski definition) is 2. The minimum absolute atomic E-state index is 0.142. The average Bonchev–Trinajstić information content (AvgIpc) is 3.42. The van der Waals surface area contributed by atoms with Crippen LogP contribution < -0.4 is 11.1 Å². The van der Waals surface area contributed by atoms with Gasteiger partial charge in [0, 0.05) is 29.0 Å². The minimum atomic E-state index is -0.225. The van der Waals surface area contributed by atoms with Crippen molar-refractivity contribution in [1.82, 2.24) is 10.2 Å². The number of nitrogens with two attached hydrogens (primary N) is 1. The number of nitrogens with one attached hydrogen (secondary N) is 1. The first kappa shape index (κ1) is 19.0. The number of benzene rings is 1. The smallest absolute Gasteiger partial charge is 0.409 e. The van der Waals surface area contributed by atoms with E-state index >= 15 is 0 Å². The highest BCUT2D eigenvalue weighted by Crippen LogP contribution is 2.48. The second kappa shape index (κ2) is 8.29. The molecule has 1 aromatic rings. The molecule has 1 aromatic carbocycles. The molecule has 2 fully saturated rings. The van der Waals surface area contributed by atoms with Gasteiger partial charge in [-0.2, -0.15) is 0 Å². The van der Waals surface area contributed by atoms with Gasteiger partial charge in [-0.1, -0.05) is 28.1 Å². The molecule has 1 saturated heterocycles. The van der Waals surface area contributed by atoms with E-state index in [2.05, 4.69) is 44.4 Å². The summed E-state index contributed by atoms with van der Waals surface area (Å²) < 4.78 is 6.15. The zero-order chi connectivity index (χ0) is 18.6. The van der Waals surface area contributed by atoms with Crippen LogP contribution in [0.2, 0.25) is 0 Å². The van der Waals surface area contributed by atoms with Gasteiger partial charge in [0.05, 0.1) is 13.2 Å². The number of carbonyl (C=O) groups excluding carboxylic acids is 1. The third kappa shape index (κ3) is 4.69.